The van der Waals surface area contributed by atoms with E-state index < -0.39 is 29.6 Å². The number of hydrogen-bond acceptors (Lipinski definition) is 6. The largest absolute Gasteiger partial charge is 0.392 e. The molecule has 37 heavy (non-hydrogen) atoms. The Labute approximate surface area is 212 Å². The number of nitrogens with zero attached hydrogens (tertiary/aromatic N) is 2. The van der Waals surface area contributed by atoms with Crippen molar-refractivity contribution in [3.8, 4) is 11.1 Å². The van der Waals surface area contributed by atoms with Crippen molar-refractivity contribution in [2.24, 2.45) is 5.92 Å². The molecule has 0 spiro atoms. The maximum Gasteiger partial charge on any atom is 0.251 e. The Bertz CT molecular complexity index is 1310. The molecule has 0 bridgehead atoms. The van der Waals surface area contributed by atoms with E-state index in [4.69, 9.17) is 0 Å². The predicted molar refractivity (Wildman–Crippen MR) is 133 cm³/mol. The molecule has 2 amide bonds. The summed E-state index contributed by atoms with van der Waals surface area (Å²) in [6.07, 6.45) is 1.79. The second-order valence-electron chi connectivity index (χ2n) is 8.61. The molecule has 1 heterocycles. The minimum Gasteiger partial charge on any atom is -0.392 e. The first-order valence-corrected chi connectivity index (χ1v) is 11.6. The number of carbonyl (C=O) groups is 2. The van der Waals surface area contributed by atoms with Gasteiger partial charge in [-0.15, -0.1) is 5.10 Å². The Hall–Kier alpha value is -4.41. The van der Waals surface area contributed by atoms with Crippen LogP contribution in [0.5, 0.6) is 0 Å². The number of carbonyl (C=O) groups excluding carboxylic acids is 2. The second kappa shape index (κ2) is 12.0. The van der Waals surface area contributed by atoms with Crippen LogP contribution < -0.4 is 10.8 Å². The van der Waals surface area contributed by atoms with Gasteiger partial charge >= 0.3 is 0 Å². The molecule has 10 heteroatoms. The molecular formula is C27H26FN5O4. The van der Waals surface area contributed by atoms with Crippen molar-refractivity contribution in [1.29, 1.82) is 0 Å². The van der Waals surface area contributed by atoms with Crippen LogP contribution in [0.25, 0.3) is 11.1 Å². The zero-order valence-electron chi connectivity index (χ0n) is 19.8. The van der Waals surface area contributed by atoms with E-state index in [-0.39, 0.29) is 18.6 Å². The van der Waals surface area contributed by atoms with Gasteiger partial charge in [0.25, 0.3) is 5.91 Å². The number of benzene rings is 3. The van der Waals surface area contributed by atoms with Crippen LogP contribution >= 0.6 is 0 Å². The third kappa shape index (κ3) is 6.63. The number of H-pyrrole nitrogens is 1. The molecule has 0 fully saturated rings. The molecule has 2 unspecified atom stereocenters. The Kier molecular flexibility index (Phi) is 8.34. The summed E-state index contributed by atoms with van der Waals surface area (Å²) >= 11 is 0. The number of rotatable bonds is 10. The first-order valence-electron chi connectivity index (χ1n) is 11.6. The lowest BCUT2D eigenvalue weighted by atomic mass is 9.86. The van der Waals surface area contributed by atoms with Gasteiger partial charge in [-0.1, -0.05) is 53.7 Å². The van der Waals surface area contributed by atoms with Gasteiger partial charge in [0.2, 0.25) is 5.91 Å². The van der Waals surface area contributed by atoms with Crippen LogP contribution in [0, 0.1) is 11.7 Å². The molecule has 0 aliphatic rings. The quantitative estimate of drug-likeness (QED) is 0.166. The average molecular weight is 504 g/mol. The molecule has 0 aliphatic heterocycles. The Morgan fingerprint density at radius 2 is 1.54 bits per heavy atom. The summed E-state index contributed by atoms with van der Waals surface area (Å²) in [6, 6.07) is 19.7. The molecule has 5 N–H and O–H groups in total. The Morgan fingerprint density at radius 1 is 0.919 bits per heavy atom. The van der Waals surface area contributed by atoms with Crippen molar-refractivity contribution in [3.05, 3.63) is 107 Å². The van der Waals surface area contributed by atoms with Gasteiger partial charge in [-0.05, 0) is 58.9 Å². The monoisotopic (exact) mass is 503 g/mol. The van der Waals surface area contributed by atoms with E-state index >= 15 is 0 Å². The highest BCUT2D eigenvalue weighted by molar-refractivity contribution is 5.94. The van der Waals surface area contributed by atoms with Crippen LogP contribution in [0.4, 0.5) is 4.39 Å². The highest BCUT2D eigenvalue weighted by atomic mass is 19.1. The normalized spacial score (nSPS) is 12.5. The SMILES string of the molecule is O=C(CC(Cc1ccc(-c2ccc(CO)cc2)cc1)C(NC(=O)c1ccc(F)cc1)c1c[nH]nn1)NO. The fraction of sp³-hybridized carbons (Fsp3) is 0.185. The van der Waals surface area contributed by atoms with Crippen molar-refractivity contribution < 1.29 is 24.3 Å². The fourth-order valence-corrected chi connectivity index (χ4v) is 4.15. The molecule has 4 rings (SSSR count). The lowest BCUT2D eigenvalue weighted by Crippen LogP contribution is -2.37. The van der Waals surface area contributed by atoms with Crippen LogP contribution in [0.3, 0.4) is 0 Å². The predicted octanol–water partition coefficient (Wildman–Crippen LogP) is 3.33. The summed E-state index contributed by atoms with van der Waals surface area (Å²) in [7, 11) is 0. The molecule has 0 saturated heterocycles. The first kappa shape index (κ1) is 25.7. The molecule has 0 radical (unpaired) electrons. The van der Waals surface area contributed by atoms with Crippen LogP contribution in [0.15, 0.2) is 79.0 Å². The van der Waals surface area contributed by atoms with Crippen LogP contribution in [-0.2, 0) is 17.8 Å². The molecular weight excluding hydrogens is 477 g/mol. The number of hydroxylamine groups is 1. The van der Waals surface area contributed by atoms with E-state index in [9.17, 15) is 24.3 Å². The van der Waals surface area contributed by atoms with Crippen molar-refractivity contribution in [2.45, 2.75) is 25.5 Å². The zero-order chi connectivity index (χ0) is 26.2. The number of aliphatic hydroxyl groups is 1. The van der Waals surface area contributed by atoms with E-state index in [1.807, 2.05) is 48.5 Å². The molecule has 0 saturated carbocycles. The lowest BCUT2D eigenvalue weighted by molar-refractivity contribution is -0.130. The van der Waals surface area contributed by atoms with Gasteiger partial charge in [0.05, 0.1) is 12.6 Å². The number of hydrogen-bond donors (Lipinski definition) is 5. The van der Waals surface area contributed by atoms with Gasteiger partial charge < -0.3 is 10.4 Å². The summed E-state index contributed by atoms with van der Waals surface area (Å²) in [4.78, 5) is 25.2. The van der Waals surface area contributed by atoms with Gasteiger partial charge in [0, 0.05) is 18.2 Å². The highest BCUT2D eigenvalue weighted by Crippen LogP contribution is 2.29. The topological polar surface area (TPSA) is 140 Å². The third-order valence-corrected chi connectivity index (χ3v) is 6.11. The number of amides is 2. The van der Waals surface area contributed by atoms with E-state index in [1.54, 1.807) is 5.48 Å². The molecule has 2 atom stereocenters. The summed E-state index contributed by atoms with van der Waals surface area (Å²) < 4.78 is 13.3. The Morgan fingerprint density at radius 3 is 2.08 bits per heavy atom. The van der Waals surface area contributed by atoms with Crippen LogP contribution in [-0.4, -0.2) is 37.5 Å². The molecule has 4 aromatic rings. The highest BCUT2D eigenvalue weighted by Gasteiger charge is 2.30. The van der Waals surface area contributed by atoms with Crippen molar-refractivity contribution in [3.63, 3.8) is 0 Å². The maximum atomic E-state index is 13.3. The smallest absolute Gasteiger partial charge is 0.251 e. The number of aliphatic hydroxyl groups excluding tert-OH is 1. The standard InChI is InChI=1S/C27H26FN5O4/c28-23-11-9-21(10-12-23)27(36)30-26(24-15-29-33-31-24)22(14-25(35)32-37)13-17-1-5-19(6-2-17)20-7-3-18(16-34)4-8-20/h1-12,15,22,26,34,37H,13-14,16H2,(H,30,36)(H,32,35)(H,29,31,33). The van der Waals surface area contributed by atoms with Gasteiger partial charge in [-0.3, -0.25) is 19.9 Å². The van der Waals surface area contributed by atoms with Crippen molar-refractivity contribution in [1.82, 2.24) is 26.2 Å². The van der Waals surface area contributed by atoms with E-state index in [0.717, 1.165) is 22.3 Å². The van der Waals surface area contributed by atoms with Crippen LogP contribution in [0.2, 0.25) is 0 Å². The fourth-order valence-electron chi connectivity index (χ4n) is 4.15. The zero-order valence-corrected chi connectivity index (χ0v) is 19.8. The lowest BCUT2D eigenvalue weighted by Gasteiger charge is -2.26. The molecule has 0 aliphatic carbocycles. The van der Waals surface area contributed by atoms with Crippen molar-refractivity contribution in [2.75, 3.05) is 0 Å². The number of nitrogens with one attached hydrogen (secondary N) is 3. The number of halogens is 1. The minimum atomic E-state index is -0.737. The third-order valence-electron chi connectivity index (χ3n) is 6.11. The minimum absolute atomic E-state index is 0.0214. The molecule has 190 valence electrons. The van der Waals surface area contributed by atoms with Crippen LogP contribution in [0.1, 0.15) is 39.6 Å². The van der Waals surface area contributed by atoms with Gasteiger partial charge in [0.15, 0.2) is 0 Å². The number of aromatic amines is 1. The summed E-state index contributed by atoms with van der Waals surface area (Å²) in [5, 5.41) is 31.7. The summed E-state index contributed by atoms with van der Waals surface area (Å²) in [5.74, 6) is -2.05. The molecule has 9 nitrogen and oxygen atoms in total. The Balaban J connectivity index is 1.58. The van der Waals surface area contributed by atoms with E-state index in [2.05, 4.69) is 20.7 Å². The average Bonchev–Trinajstić information content (AvgIpc) is 3.47. The summed E-state index contributed by atoms with van der Waals surface area (Å²) in [5.41, 5.74) is 6.01. The van der Waals surface area contributed by atoms with E-state index in [0.29, 0.717) is 12.1 Å². The molecule has 3 aromatic carbocycles. The summed E-state index contributed by atoms with van der Waals surface area (Å²) in [6.45, 7) is -0.0214. The van der Waals surface area contributed by atoms with Crippen molar-refractivity contribution >= 4 is 11.8 Å². The second-order valence-corrected chi connectivity index (χ2v) is 8.61. The number of aromatic nitrogens is 3. The maximum absolute atomic E-state index is 13.3. The van der Waals surface area contributed by atoms with Gasteiger partial charge in [-0.2, -0.15) is 0 Å². The molecule has 1 aromatic heterocycles. The van der Waals surface area contributed by atoms with E-state index in [1.165, 1.54) is 30.5 Å². The van der Waals surface area contributed by atoms with Gasteiger partial charge in [-0.25, -0.2) is 9.87 Å². The van der Waals surface area contributed by atoms with Gasteiger partial charge in [0.1, 0.15) is 11.5 Å². The first-order chi connectivity index (χ1) is 18.0.